The molecule has 0 bridgehead atoms. The highest BCUT2D eigenvalue weighted by Gasteiger charge is 2.41. The minimum absolute atomic E-state index is 0.117. The van der Waals surface area contributed by atoms with Gasteiger partial charge in [-0.25, -0.2) is 0 Å². The van der Waals surface area contributed by atoms with Crippen molar-refractivity contribution in [3.63, 3.8) is 0 Å². The van der Waals surface area contributed by atoms with Crippen LogP contribution in [0.25, 0.3) is 0 Å². The molecule has 0 unspecified atom stereocenters. The number of esters is 1. The number of benzene rings is 1. The number of cyclic esters (lactones) is 1. The maximum Gasteiger partial charge on any atom is 0.311 e. The van der Waals surface area contributed by atoms with Crippen molar-refractivity contribution in [2.45, 2.75) is 12.5 Å². The minimum atomic E-state index is -1.05. The highest BCUT2D eigenvalue weighted by Crippen LogP contribution is 2.39. The van der Waals surface area contributed by atoms with Crippen LogP contribution in [0.5, 0.6) is 11.5 Å². The van der Waals surface area contributed by atoms with Gasteiger partial charge in [-0.1, -0.05) is 6.07 Å². The zero-order chi connectivity index (χ0) is 14.0. The summed E-state index contributed by atoms with van der Waals surface area (Å²) < 4.78 is 15.3. The van der Waals surface area contributed by atoms with Gasteiger partial charge in [-0.05, 0) is 17.7 Å². The predicted octanol–water partition coefficient (Wildman–Crippen LogP) is 1.39. The fraction of sp³-hybridized carbons (Fsp3) is 0.385. The number of ether oxygens (including phenoxy) is 3. The molecule has 2 atom stereocenters. The molecule has 102 valence electrons. The van der Waals surface area contributed by atoms with E-state index in [1.165, 1.54) is 14.2 Å². The summed E-state index contributed by atoms with van der Waals surface area (Å²) in [5.41, 5.74) is 0.580. The Hall–Kier alpha value is -2.24. The van der Waals surface area contributed by atoms with Crippen LogP contribution in [0.4, 0.5) is 0 Å². The van der Waals surface area contributed by atoms with Gasteiger partial charge in [-0.2, -0.15) is 0 Å². The van der Waals surface area contributed by atoms with Gasteiger partial charge in [0.25, 0.3) is 0 Å². The molecule has 1 aliphatic rings. The fourth-order valence-corrected chi connectivity index (χ4v) is 2.11. The number of rotatable bonds is 4. The number of carbonyl (C=O) groups excluding carboxylic acids is 1. The quantitative estimate of drug-likeness (QED) is 0.829. The van der Waals surface area contributed by atoms with E-state index in [4.69, 9.17) is 19.3 Å². The van der Waals surface area contributed by atoms with Crippen LogP contribution in [0.2, 0.25) is 0 Å². The molecule has 0 radical (unpaired) electrons. The molecular formula is C13H14O6. The molecule has 1 aromatic carbocycles. The van der Waals surface area contributed by atoms with Crippen molar-refractivity contribution in [3.8, 4) is 11.5 Å². The van der Waals surface area contributed by atoms with Gasteiger partial charge in [0, 0.05) is 0 Å². The Morgan fingerprint density at radius 1 is 1.32 bits per heavy atom. The molecule has 0 aliphatic carbocycles. The maximum absolute atomic E-state index is 11.3. The first-order valence-corrected chi connectivity index (χ1v) is 5.71. The van der Waals surface area contributed by atoms with Crippen LogP contribution in [-0.4, -0.2) is 31.3 Å². The lowest BCUT2D eigenvalue weighted by Gasteiger charge is -2.16. The SMILES string of the molecule is COc1ccc([C@H]2OC(=O)C[C@@H]2C(=O)O)cc1OC. The van der Waals surface area contributed by atoms with E-state index < -0.39 is 24.0 Å². The number of carboxylic acid groups (broad SMARTS) is 1. The van der Waals surface area contributed by atoms with Crippen molar-refractivity contribution < 1.29 is 28.9 Å². The van der Waals surface area contributed by atoms with E-state index in [1.54, 1.807) is 18.2 Å². The third kappa shape index (κ3) is 2.47. The lowest BCUT2D eigenvalue weighted by molar-refractivity contribution is -0.144. The number of hydrogen-bond donors (Lipinski definition) is 1. The first-order valence-electron chi connectivity index (χ1n) is 5.71. The highest BCUT2D eigenvalue weighted by molar-refractivity contribution is 5.82. The molecule has 1 saturated heterocycles. The maximum atomic E-state index is 11.3. The van der Waals surface area contributed by atoms with Crippen LogP contribution in [0.1, 0.15) is 18.1 Å². The molecule has 1 fully saturated rings. The van der Waals surface area contributed by atoms with E-state index in [0.717, 1.165) is 0 Å². The average molecular weight is 266 g/mol. The summed E-state index contributed by atoms with van der Waals surface area (Å²) in [7, 11) is 2.99. The number of methoxy groups -OCH3 is 2. The van der Waals surface area contributed by atoms with Crippen LogP contribution < -0.4 is 9.47 Å². The van der Waals surface area contributed by atoms with E-state index in [0.29, 0.717) is 17.1 Å². The van der Waals surface area contributed by atoms with Crippen molar-refractivity contribution in [2.24, 2.45) is 5.92 Å². The van der Waals surface area contributed by atoms with Gasteiger partial charge < -0.3 is 19.3 Å². The fourth-order valence-electron chi connectivity index (χ4n) is 2.11. The van der Waals surface area contributed by atoms with E-state index in [1.807, 2.05) is 0 Å². The molecule has 0 saturated carbocycles. The molecule has 1 aliphatic heterocycles. The largest absolute Gasteiger partial charge is 0.493 e. The van der Waals surface area contributed by atoms with Crippen LogP contribution in [0, 0.1) is 5.92 Å². The van der Waals surface area contributed by atoms with Gasteiger partial charge in [-0.15, -0.1) is 0 Å². The molecule has 1 aromatic rings. The van der Waals surface area contributed by atoms with E-state index in [2.05, 4.69) is 0 Å². The average Bonchev–Trinajstić information content (AvgIpc) is 2.80. The predicted molar refractivity (Wildman–Crippen MR) is 64.1 cm³/mol. The van der Waals surface area contributed by atoms with Gasteiger partial charge in [0.15, 0.2) is 11.5 Å². The minimum Gasteiger partial charge on any atom is -0.493 e. The molecular weight excluding hydrogens is 252 g/mol. The highest BCUT2D eigenvalue weighted by atomic mass is 16.6. The van der Waals surface area contributed by atoms with Crippen LogP contribution in [0.15, 0.2) is 18.2 Å². The second-order valence-electron chi connectivity index (χ2n) is 4.17. The van der Waals surface area contributed by atoms with Crippen molar-refractivity contribution in [1.82, 2.24) is 0 Å². The molecule has 6 nitrogen and oxygen atoms in total. The normalized spacial score (nSPS) is 21.9. The zero-order valence-corrected chi connectivity index (χ0v) is 10.6. The smallest absolute Gasteiger partial charge is 0.311 e. The molecule has 19 heavy (non-hydrogen) atoms. The van der Waals surface area contributed by atoms with E-state index in [9.17, 15) is 9.59 Å². The first-order chi connectivity index (χ1) is 9.06. The third-order valence-corrected chi connectivity index (χ3v) is 3.06. The molecule has 0 amide bonds. The van der Waals surface area contributed by atoms with E-state index >= 15 is 0 Å². The Balaban J connectivity index is 2.35. The van der Waals surface area contributed by atoms with Crippen LogP contribution in [-0.2, 0) is 14.3 Å². The van der Waals surface area contributed by atoms with Gasteiger partial charge in [0.05, 0.1) is 20.6 Å². The lowest BCUT2D eigenvalue weighted by Crippen LogP contribution is -2.17. The number of hydrogen-bond acceptors (Lipinski definition) is 5. The Morgan fingerprint density at radius 2 is 2.00 bits per heavy atom. The van der Waals surface area contributed by atoms with Gasteiger partial charge in [0.1, 0.15) is 12.0 Å². The second-order valence-corrected chi connectivity index (χ2v) is 4.17. The first kappa shape index (κ1) is 13.2. The Bertz CT molecular complexity index is 510. The third-order valence-electron chi connectivity index (χ3n) is 3.06. The van der Waals surface area contributed by atoms with Crippen molar-refractivity contribution in [2.75, 3.05) is 14.2 Å². The zero-order valence-electron chi connectivity index (χ0n) is 10.6. The lowest BCUT2D eigenvalue weighted by atomic mass is 9.95. The van der Waals surface area contributed by atoms with E-state index in [-0.39, 0.29) is 6.42 Å². The molecule has 1 heterocycles. The Labute approximate surface area is 109 Å². The Kier molecular flexibility index (Phi) is 3.59. The summed E-state index contributed by atoms with van der Waals surface area (Å²) >= 11 is 0. The number of carboxylic acids is 1. The van der Waals surface area contributed by atoms with Crippen molar-refractivity contribution in [1.29, 1.82) is 0 Å². The van der Waals surface area contributed by atoms with Crippen molar-refractivity contribution in [3.05, 3.63) is 23.8 Å². The Morgan fingerprint density at radius 3 is 2.58 bits per heavy atom. The number of carbonyl (C=O) groups is 2. The second kappa shape index (κ2) is 5.17. The number of aliphatic carboxylic acids is 1. The summed E-state index contributed by atoms with van der Waals surface area (Å²) in [4.78, 5) is 22.4. The molecule has 6 heteroatoms. The summed E-state index contributed by atoms with van der Waals surface area (Å²) in [5.74, 6) is -1.43. The monoisotopic (exact) mass is 266 g/mol. The van der Waals surface area contributed by atoms with Crippen LogP contribution in [0.3, 0.4) is 0 Å². The van der Waals surface area contributed by atoms with Gasteiger partial charge >= 0.3 is 11.9 Å². The van der Waals surface area contributed by atoms with Gasteiger partial charge in [0.2, 0.25) is 0 Å². The van der Waals surface area contributed by atoms with Crippen LogP contribution >= 0.6 is 0 Å². The standard InChI is InChI=1S/C13H14O6/c1-17-9-4-3-7(5-10(9)18-2)12-8(13(15)16)6-11(14)19-12/h3-5,8,12H,6H2,1-2H3,(H,15,16)/t8-,12+/m0/s1. The topological polar surface area (TPSA) is 82.1 Å². The molecule has 2 rings (SSSR count). The molecule has 0 spiro atoms. The summed E-state index contributed by atoms with van der Waals surface area (Å²) in [6.07, 6.45) is -0.904. The van der Waals surface area contributed by atoms with Crippen molar-refractivity contribution >= 4 is 11.9 Å². The molecule has 1 N–H and O–H groups in total. The summed E-state index contributed by atoms with van der Waals surface area (Å²) in [6.45, 7) is 0. The molecule has 0 aromatic heterocycles. The van der Waals surface area contributed by atoms with Gasteiger partial charge in [-0.3, -0.25) is 9.59 Å². The summed E-state index contributed by atoms with van der Waals surface area (Å²) in [6, 6.07) is 4.94. The summed E-state index contributed by atoms with van der Waals surface area (Å²) in [5, 5.41) is 9.10.